The van der Waals surface area contributed by atoms with Crippen LogP contribution in [-0.4, -0.2) is 43.4 Å². The van der Waals surface area contributed by atoms with Crippen LogP contribution in [0.1, 0.15) is 6.42 Å². The zero-order chi connectivity index (χ0) is 9.84. The molecular weight excluding hydrogens is 170 g/mol. The summed E-state index contributed by atoms with van der Waals surface area (Å²) in [6.45, 7) is 1.28. The third-order valence-corrected chi connectivity index (χ3v) is 2.24. The minimum atomic E-state index is -0.133. The summed E-state index contributed by atoms with van der Waals surface area (Å²) in [5.74, 6) is 0.113. The molecule has 0 aromatic rings. The molecule has 74 valence electrons. The summed E-state index contributed by atoms with van der Waals surface area (Å²) in [6, 6.07) is 0. The minimum Gasteiger partial charge on any atom is -0.358 e. The van der Waals surface area contributed by atoms with E-state index >= 15 is 0 Å². The number of hydrogen-bond donors (Lipinski definition) is 2. The molecule has 1 aliphatic heterocycles. The van der Waals surface area contributed by atoms with E-state index in [1.54, 1.807) is 11.9 Å². The number of carbonyl (C=O) groups excluding carboxylic acids is 2. The maximum atomic E-state index is 11.3. The van der Waals surface area contributed by atoms with E-state index in [1.165, 1.54) is 0 Å². The van der Waals surface area contributed by atoms with Crippen LogP contribution < -0.4 is 11.1 Å². The molecular formula is C8H15N3O2. The molecule has 0 spiro atoms. The van der Waals surface area contributed by atoms with Crippen LogP contribution >= 0.6 is 0 Å². The van der Waals surface area contributed by atoms with Gasteiger partial charge in [0.25, 0.3) is 0 Å². The highest BCUT2D eigenvalue weighted by molar-refractivity contribution is 5.85. The number of nitrogens with one attached hydrogen (secondary N) is 1. The van der Waals surface area contributed by atoms with Gasteiger partial charge in [-0.25, -0.2) is 0 Å². The molecule has 1 atom stereocenters. The maximum absolute atomic E-state index is 11.3. The Hall–Kier alpha value is -1.10. The molecule has 1 saturated heterocycles. The van der Waals surface area contributed by atoms with Crippen LogP contribution in [0.5, 0.6) is 0 Å². The van der Waals surface area contributed by atoms with Crippen molar-refractivity contribution in [1.82, 2.24) is 10.2 Å². The Balaban J connectivity index is 2.43. The van der Waals surface area contributed by atoms with Crippen molar-refractivity contribution in [2.75, 3.05) is 26.7 Å². The lowest BCUT2D eigenvalue weighted by molar-refractivity contribution is -0.132. The zero-order valence-electron chi connectivity index (χ0n) is 7.75. The molecule has 5 nitrogen and oxygen atoms in total. The number of hydrogen-bond acceptors (Lipinski definition) is 3. The molecule has 0 aromatic heterocycles. The molecule has 5 heteroatoms. The number of carbonyl (C=O) groups is 2. The van der Waals surface area contributed by atoms with E-state index in [0.717, 1.165) is 0 Å². The van der Waals surface area contributed by atoms with Gasteiger partial charge in [0.2, 0.25) is 11.8 Å². The molecule has 3 N–H and O–H groups in total. The summed E-state index contributed by atoms with van der Waals surface area (Å²) in [4.78, 5) is 23.8. The van der Waals surface area contributed by atoms with Gasteiger partial charge in [-0.05, 0) is 12.5 Å². The maximum Gasteiger partial charge on any atom is 0.239 e. The molecule has 13 heavy (non-hydrogen) atoms. The number of nitrogens with two attached hydrogens (primary N) is 1. The first kappa shape index (κ1) is 9.98. The molecule has 1 fully saturated rings. The van der Waals surface area contributed by atoms with Gasteiger partial charge in [-0.2, -0.15) is 0 Å². The van der Waals surface area contributed by atoms with Crippen molar-refractivity contribution in [3.05, 3.63) is 0 Å². The van der Waals surface area contributed by atoms with Gasteiger partial charge in [0.15, 0.2) is 0 Å². The number of rotatable bonds is 3. The van der Waals surface area contributed by atoms with Crippen LogP contribution in [0.4, 0.5) is 0 Å². The second-order valence-corrected chi connectivity index (χ2v) is 3.25. The fourth-order valence-electron chi connectivity index (χ4n) is 1.42. The third kappa shape index (κ3) is 2.42. The van der Waals surface area contributed by atoms with Crippen LogP contribution in [-0.2, 0) is 9.59 Å². The predicted octanol–water partition coefficient (Wildman–Crippen LogP) is -1.46. The Morgan fingerprint density at radius 3 is 2.92 bits per heavy atom. The van der Waals surface area contributed by atoms with E-state index in [1.807, 2.05) is 0 Å². The average Bonchev–Trinajstić information content (AvgIpc) is 2.47. The molecule has 0 bridgehead atoms. The van der Waals surface area contributed by atoms with Gasteiger partial charge in [0, 0.05) is 20.0 Å². The highest BCUT2D eigenvalue weighted by Gasteiger charge is 2.29. The van der Waals surface area contributed by atoms with Crippen LogP contribution in [0, 0.1) is 5.92 Å². The number of likely N-dealkylation sites (N-methyl/N-ethyl adjacent to an activating group) is 1. The molecule has 0 aromatic carbocycles. The van der Waals surface area contributed by atoms with E-state index in [2.05, 4.69) is 5.32 Å². The van der Waals surface area contributed by atoms with E-state index in [9.17, 15) is 9.59 Å². The Labute approximate surface area is 77.3 Å². The number of amides is 2. The van der Waals surface area contributed by atoms with Crippen molar-refractivity contribution in [3.8, 4) is 0 Å². The molecule has 1 rings (SSSR count). The summed E-state index contributed by atoms with van der Waals surface area (Å²) in [7, 11) is 1.56. The van der Waals surface area contributed by atoms with Gasteiger partial charge in [-0.3, -0.25) is 9.59 Å². The van der Waals surface area contributed by atoms with Crippen LogP contribution in [0.2, 0.25) is 0 Å². The van der Waals surface area contributed by atoms with E-state index in [-0.39, 0.29) is 24.3 Å². The monoisotopic (exact) mass is 185 g/mol. The first-order valence-corrected chi connectivity index (χ1v) is 4.35. The lowest BCUT2D eigenvalue weighted by Crippen LogP contribution is -2.36. The third-order valence-electron chi connectivity index (χ3n) is 2.24. The van der Waals surface area contributed by atoms with Gasteiger partial charge in [0.1, 0.15) is 0 Å². The Kier molecular flexibility index (Phi) is 3.25. The predicted molar refractivity (Wildman–Crippen MR) is 47.8 cm³/mol. The smallest absolute Gasteiger partial charge is 0.239 e. The standard InChI is InChI=1S/C8H15N3O2/c1-10-7(12)5-11-4-6(3-9)2-8(11)13/h6H,2-5,9H2,1H3,(H,10,12). The fraction of sp³-hybridized carbons (Fsp3) is 0.750. The van der Waals surface area contributed by atoms with Crippen molar-refractivity contribution in [2.45, 2.75) is 6.42 Å². The quantitative estimate of drug-likeness (QED) is 0.564. The minimum absolute atomic E-state index is 0.0269. The molecule has 1 unspecified atom stereocenters. The summed E-state index contributed by atoms with van der Waals surface area (Å²) < 4.78 is 0. The van der Waals surface area contributed by atoms with E-state index < -0.39 is 0 Å². The van der Waals surface area contributed by atoms with Gasteiger partial charge < -0.3 is 16.0 Å². The van der Waals surface area contributed by atoms with Gasteiger partial charge >= 0.3 is 0 Å². The molecule has 0 radical (unpaired) electrons. The second kappa shape index (κ2) is 4.23. The van der Waals surface area contributed by atoms with E-state index in [4.69, 9.17) is 5.73 Å². The Bertz CT molecular complexity index is 217. The molecule has 2 amide bonds. The van der Waals surface area contributed by atoms with Crippen molar-refractivity contribution in [2.24, 2.45) is 11.7 Å². The molecule has 1 heterocycles. The second-order valence-electron chi connectivity index (χ2n) is 3.25. The lowest BCUT2D eigenvalue weighted by Gasteiger charge is -2.14. The molecule has 0 saturated carbocycles. The normalized spacial score (nSPS) is 22.2. The SMILES string of the molecule is CNC(=O)CN1CC(CN)CC1=O. The fourth-order valence-corrected chi connectivity index (χ4v) is 1.42. The Morgan fingerprint density at radius 1 is 1.77 bits per heavy atom. The van der Waals surface area contributed by atoms with Gasteiger partial charge in [-0.15, -0.1) is 0 Å². The largest absolute Gasteiger partial charge is 0.358 e. The average molecular weight is 185 g/mol. The highest BCUT2D eigenvalue weighted by atomic mass is 16.2. The highest BCUT2D eigenvalue weighted by Crippen LogP contribution is 2.15. The number of nitrogens with zero attached hydrogens (tertiary/aromatic N) is 1. The van der Waals surface area contributed by atoms with Crippen molar-refractivity contribution in [1.29, 1.82) is 0 Å². The van der Waals surface area contributed by atoms with Gasteiger partial charge in [0.05, 0.1) is 6.54 Å². The van der Waals surface area contributed by atoms with Crippen molar-refractivity contribution < 1.29 is 9.59 Å². The summed E-state index contributed by atoms with van der Waals surface area (Å²) in [5, 5.41) is 2.48. The first-order chi connectivity index (χ1) is 6.17. The molecule has 0 aliphatic carbocycles. The summed E-state index contributed by atoms with van der Waals surface area (Å²) in [5.41, 5.74) is 5.44. The van der Waals surface area contributed by atoms with Crippen LogP contribution in [0.3, 0.4) is 0 Å². The first-order valence-electron chi connectivity index (χ1n) is 4.35. The van der Waals surface area contributed by atoms with Gasteiger partial charge in [-0.1, -0.05) is 0 Å². The zero-order valence-corrected chi connectivity index (χ0v) is 7.75. The van der Waals surface area contributed by atoms with Crippen LogP contribution in [0.15, 0.2) is 0 Å². The van der Waals surface area contributed by atoms with E-state index in [0.29, 0.717) is 19.5 Å². The topological polar surface area (TPSA) is 75.4 Å². The Morgan fingerprint density at radius 2 is 2.46 bits per heavy atom. The number of likely N-dealkylation sites (tertiary alicyclic amines) is 1. The summed E-state index contributed by atoms with van der Waals surface area (Å²) >= 11 is 0. The van der Waals surface area contributed by atoms with Crippen molar-refractivity contribution in [3.63, 3.8) is 0 Å². The van der Waals surface area contributed by atoms with Crippen molar-refractivity contribution >= 4 is 11.8 Å². The summed E-state index contributed by atoms with van der Waals surface area (Å²) in [6.07, 6.45) is 0.480. The van der Waals surface area contributed by atoms with Crippen LogP contribution in [0.25, 0.3) is 0 Å². The molecule has 1 aliphatic rings. The lowest BCUT2D eigenvalue weighted by atomic mass is 10.1.